The van der Waals surface area contributed by atoms with E-state index in [0.29, 0.717) is 17.1 Å². The Morgan fingerprint density at radius 3 is 2.75 bits per heavy atom. The number of para-hydroxylation sites is 1. The molecule has 0 saturated carbocycles. The highest BCUT2D eigenvalue weighted by atomic mass is 16.5. The fraction of sp³-hybridized carbons (Fsp3) is 0.474. The molecule has 1 atom stereocenters. The van der Waals surface area contributed by atoms with E-state index < -0.39 is 5.91 Å². The number of hydrogen-bond donors (Lipinski definition) is 1. The van der Waals surface area contributed by atoms with Gasteiger partial charge in [-0.15, -0.1) is 0 Å². The van der Waals surface area contributed by atoms with Gasteiger partial charge in [0.1, 0.15) is 5.82 Å². The summed E-state index contributed by atoms with van der Waals surface area (Å²) in [5, 5.41) is 0.820. The van der Waals surface area contributed by atoms with E-state index >= 15 is 0 Å². The van der Waals surface area contributed by atoms with Crippen molar-refractivity contribution in [1.82, 2.24) is 4.98 Å². The van der Waals surface area contributed by atoms with Crippen LogP contribution in [-0.2, 0) is 4.74 Å². The number of hydrogen-bond acceptors (Lipinski definition) is 4. The first-order valence-corrected chi connectivity index (χ1v) is 8.62. The molecule has 0 bridgehead atoms. The van der Waals surface area contributed by atoms with Gasteiger partial charge in [-0.2, -0.15) is 0 Å². The number of nitrogens with zero attached hydrogens (tertiary/aromatic N) is 2. The van der Waals surface area contributed by atoms with Crippen LogP contribution in [0.5, 0.6) is 0 Å². The van der Waals surface area contributed by atoms with Crippen LogP contribution in [-0.4, -0.2) is 36.7 Å². The van der Waals surface area contributed by atoms with Gasteiger partial charge in [0, 0.05) is 18.5 Å². The fourth-order valence-electron chi connectivity index (χ4n) is 4.13. The van der Waals surface area contributed by atoms with Crippen molar-refractivity contribution in [2.24, 2.45) is 11.1 Å². The fourth-order valence-corrected chi connectivity index (χ4v) is 4.13. The lowest BCUT2D eigenvalue weighted by atomic mass is 9.77. The first-order valence-electron chi connectivity index (χ1n) is 8.62. The zero-order valence-electron chi connectivity index (χ0n) is 14.0. The Balaban J connectivity index is 1.62. The summed E-state index contributed by atoms with van der Waals surface area (Å²) < 4.78 is 5.80. The molecule has 2 aromatic rings. The minimum absolute atomic E-state index is 0.333. The summed E-state index contributed by atoms with van der Waals surface area (Å²) in [7, 11) is 0. The maximum Gasteiger partial charge on any atom is 0.249 e. The van der Waals surface area contributed by atoms with Crippen molar-refractivity contribution >= 4 is 22.6 Å². The third-order valence-electron chi connectivity index (χ3n) is 5.51. The van der Waals surface area contributed by atoms with E-state index in [0.717, 1.165) is 55.7 Å². The molecule has 2 saturated heterocycles. The van der Waals surface area contributed by atoms with Gasteiger partial charge >= 0.3 is 0 Å². The molecule has 2 N–H and O–H groups in total. The molecule has 1 amide bonds. The molecule has 4 rings (SSSR count). The van der Waals surface area contributed by atoms with E-state index in [1.54, 1.807) is 0 Å². The second-order valence-electron chi connectivity index (χ2n) is 7.22. The number of nitrogens with two attached hydrogens (primary N) is 1. The van der Waals surface area contributed by atoms with Crippen molar-refractivity contribution in [2.45, 2.75) is 32.3 Å². The largest absolute Gasteiger partial charge is 0.378 e. The van der Waals surface area contributed by atoms with Crippen LogP contribution in [0.3, 0.4) is 0 Å². The van der Waals surface area contributed by atoms with Crippen LogP contribution >= 0.6 is 0 Å². The summed E-state index contributed by atoms with van der Waals surface area (Å²) in [4.78, 5) is 18.9. The van der Waals surface area contributed by atoms with E-state index in [9.17, 15) is 4.79 Å². The summed E-state index contributed by atoms with van der Waals surface area (Å²) in [6, 6.07) is 9.52. The number of aromatic nitrogens is 1. The molecular formula is C19H23N3O2. The molecule has 24 heavy (non-hydrogen) atoms. The Morgan fingerprint density at radius 1 is 1.33 bits per heavy atom. The zero-order chi connectivity index (χ0) is 16.7. The average molecular weight is 325 g/mol. The molecule has 0 radical (unpaired) electrons. The lowest BCUT2D eigenvalue weighted by Crippen LogP contribution is -2.41. The standard InChI is InChI=1S/C19H23N3O2/c1-13-11-19(12-24-13)6-8-22(9-7-19)17-10-15(18(20)23)14-4-2-3-5-16(14)21-17/h2-5,10,13H,6-9,11-12H2,1H3,(H2,20,23). The van der Waals surface area contributed by atoms with Crippen LogP contribution in [0.2, 0.25) is 0 Å². The van der Waals surface area contributed by atoms with Gasteiger partial charge in [0.05, 0.1) is 23.8 Å². The molecule has 0 aliphatic carbocycles. The molecule has 3 heterocycles. The molecular weight excluding hydrogens is 302 g/mol. The van der Waals surface area contributed by atoms with Crippen LogP contribution in [0, 0.1) is 5.41 Å². The van der Waals surface area contributed by atoms with Crippen molar-refractivity contribution in [3.05, 3.63) is 35.9 Å². The van der Waals surface area contributed by atoms with Crippen LogP contribution in [0.1, 0.15) is 36.5 Å². The minimum Gasteiger partial charge on any atom is -0.378 e. The maximum atomic E-state index is 11.8. The second kappa shape index (κ2) is 5.74. The number of benzene rings is 1. The van der Waals surface area contributed by atoms with Gasteiger partial charge in [-0.25, -0.2) is 4.98 Å². The van der Waals surface area contributed by atoms with E-state index in [1.807, 2.05) is 30.3 Å². The highest BCUT2D eigenvalue weighted by Crippen LogP contribution is 2.42. The first-order chi connectivity index (χ1) is 11.6. The number of amides is 1. The van der Waals surface area contributed by atoms with Gasteiger partial charge in [-0.1, -0.05) is 18.2 Å². The van der Waals surface area contributed by atoms with Crippen molar-refractivity contribution in [1.29, 1.82) is 0 Å². The quantitative estimate of drug-likeness (QED) is 0.922. The minimum atomic E-state index is -0.402. The highest BCUT2D eigenvalue weighted by Gasteiger charge is 2.41. The molecule has 1 spiro atoms. The number of primary amides is 1. The zero-order valence-corrected chi connectivity index (χ0v) is 14.0. The van der Waals surface area contributed by atoms with E-state index in [1.165, 1.54) is 0 Å². The van der Waals surface area contributed by atoms with Gasteiger partial charge in [0.15, 0.2) is 0 Å². The Bertz CT molecular complexity index is 781. The van der Waals surface area contributed by atoms with Gasteiger partial charge < -0.3 is 15.4 Å². The summed E-state index contributed by atoms with van der Waals surface area (Å²) in [5.74, 6) is 0.450. The third-order valence-corrected chi connectivity index (χ3v) is 5.51. The van der Waals surface area contributed by atoms with Crippen LogP contribution in [0.15, 0.2) is 30.3 Å². The van der Waals surface area contributed by atoms with Crippen molar-refractivity contribution in [3.63, 3.8) is 0 Å². The summed E-state index contributed by atoms with van der Waals surface area (Å²) in [5.41, 5.74) is 7.29. The van der Waals surface area contributed by atoms with Gasteiger partial charge in [0.2, 0.25) is 5.91 Å². The smallest absolute Gasteiger partial charge is 0.249 e. The predicted molar refractivity (Wildman–Crippen MR) is 94.2 cm³/mol. The maximum absolute atomic E-state index is 11.8. The van der Waals surface area contributed by atoms with Gasteiger partial charge in [0.25, 0.3) is 0 Å². The van der Waals surface area contributed by atoms with Gasteiger partial charge in [-0.3, -0.25) is 4.79 Å². The summed E-state index contributed by atoms with van der Waals surface area (Å²) in [6.07, 6.45) is 3.74. The van der Waals surface area contributed by atoms with Crippen LogP contribution in [0.4, 0.5) is 5.82 Å². The van der Waals surface area contributed by atoms with Crippen molar-refractivity contribution in [2.75, 3.05) is 24.6 Å². The Labute approximate surface area is 141 Å². The normalized spacial score (nSPS) is 23.0. The number of fused-ring (bicyclic) bond motifs is 1. The molecule has 1 aromatic heterocycles. The number of piperidine rings is 1. The first kappa shape index (κ1) is 15.4. The second-order valence-corrected chi connectivity index (χ2v) is 7.22. The number of anilines is 1. The molecule has 126 valence electrons. The summed E-state index contributed by atoms with van der Waals surface area (Å²) >= 11 is 0. The monoisotopic (exact) mass is 325 g/mol. The molecule has 2 fully saturated rings. The van der Waals surface area contributed by atoms with Crippen molar-refractivity contribution < 1.29 is 9.53 Å². The van der Waals surface area contributed by atoms with E-state index in [-0.39, 0.29) is 0 Å². The van der Waals surface area contributed by atoms with Crippen LogP contribution < -0.4 is 10.6 Å². The van der Waals surface area contributed by atoms with Crippen molar-refractivity contribution in [3.8, 4) is 0 Å². The number of carbonyl (C=O) groups excluding carboxylic acids is 1. The Morgan fingerprint density at radius 2 is 2.08 bits per heavy atom. The Kier molecular flexibility index (Phi) is 3.68. The van der Waals surface area contributed by atoms with E-state index in [2.05, 4.69) is 11.8 Å². The molecule has 5 heteroatoms. The van der Waals surface area contributed by atoms with Gasteiger partial charge in [-0.05, 0) is 43.7 Å². The number of pyridine rings is 1. The van der Waals surface area contributed by atoms with Crippen LogP contribution in [0.25, 0.3) is 10.9 Å². The lowest BCUT2D eigenvalue weighted by Gasteiger charge is -2.39. The van der Waals surface area contributed by atoms with E-state index in [4.69, 9.17) is 15.5 Å². The molecule has 5 nitrogen and oxygen atoms in total. The number of carbonyl (C=O) groups is 1. The average Bonchev–Trinajstić information content (AvgIpc) is 2.95. The highest BCUT2D eigenvalue weighted by molar-refractivity contribution is 6.06. The summed E-state index contributed by atoms with van der Waals surface area (Å²) in [6.45, 7) is 4.92. The molecule has 1 aromatic carbocycles. The lowest BCUT2D eigenvalue weighted by molar-refractivity contribution is 0.0976. The molecule has 1 unspecified atom stereocenters. The predicted octanol–water partition coefficient (Wildman–Crippen LogP) is 2.73. The number of ether oxygens (including phenoxy) is 1. The molecule has 2 aliphatic heterocycles. The topological polar surface area (TPSA) is 68.5 Å². The SMILES string of the molecule is CC1CC2(CCN(c3cc(C(N)=O)c4ccccc4n3)CC2)CO1. The Hall–Kier alpha value is -2.14. The number of rotatable bonds is 2. The molecule has 2 aliphatic rings. The third kappa shape index (κ3) is 2.63.